The van der Waals surface area contributed by atoms with E-state index < -0.39 is 41.6 Å². The van der Waals surface area contributed by atoms with Gasteiger partial charge in [-0.1, -0.05) is 49.2 Å². The lowest BCUT2D eigenvalue weighted by molar-refractivity contribution is -0.192. The largest absolute Gasteiger partial charge is 0.490 e. The maximum atomic E-state index is 14.0. The Morgan fingerprint density at radius 3 is 2.00 bits per heavy atom. The van der Waals surface area contributed by atoms with E-state index in [1.807, 2.05) is 19.1 Å². The van der Waals surface area contributed by atoms with Crippen molar-refractivity contribution in [3.05, 3.63) is 70.5 Å². The van der Waals surface area contributed by atoms with E-state index in [1.165, 1.54) is 26.0 Å². The van der Waals surface area contributed by atoms with Crippen molar-refractivity contribution in [3.63, 3.8) is 0 Å². The number of benzene rings is 2. The van der Waals surface area contributed by atoms with Crippen LogP contribution in [0.15, 0.2) is 48.5 Å². The average Bonchev–Trinajstić information content (AvgIpc) is 3.00. The van der Waals surface area contributed by atoms with Crippen LogP contribution >= 0.6 is 11.6 Å². The predicted octanol–water partition coefficient (Wildman–Crippen LogP) is 3.58. The van der Waals surface area contributed by atoms with Crippen molar-refractivity contribution < 1.29 is 47.0 Å². The molecule has 3 rings (SSSR count). The summed E-state index contributed by atoms with van der Waals surface area (Å²) < 4.78 is 45.2. The van der Waals surface area contributed by atoms with Gasteiger partial charge in [0.05, 0.1) is 6.04 Å². The number of piperazine rings is 1. The normalized spacial score (nSPS) is 16.7. The molecule has 0 spiro atoms. The SMILES string of the molecule is CCCC1CN(C(Cc2ccc(Cl)cc2)C(=O)NC)CCN1C(=O)C(Cc1ccc(F)cc1)NC(=O)C(C)(C)O.O=C(O)C(F)(F)F. The Balaban J connectivity index is 0.000000984. The molecule has 3 unspecified atom stereocenters. The summed E-state index contributed by atoms with van der Waals surface area (Å²) in [6.07, 6.45) is -2.90. The van der Waals surface area contributed by atoms with Gasteiger partial charge in [0.25, 0.3) is 5.91 Å². The number of alkyl halides is 3. The van der Waals surface area contributed by atoms with Crippen LogP contribution < -0.4 is 10.6 Å². The van der Waals surface area contributed by atoms with E-state index in [4.69, 9.17) is 21.5 Å². The number of nitrogens with one attached hydrogen (secondary N) is 2. The lowest BCUT2D eigenvalue weighted by Gasteiger charge is -2.45. The van der Waals surface area contributed by atoms with E-state index in [0.717, 1.165) is 12.0 Å². The van der Waals surface area contributed by atoms with Crippen LogP contribution in [-0.4, -0.2) is 100 Å². The molecule has 3 atom stereocenters. The Morgan fingerprint density at radius 1 is 0.979 bits per heavy atom. The van der Waals surface area contributed by atoms with Crippen LogP contribution in [0.3, 0.4) is 0 Å². The average molecular weight is 689 g/mol. The van der Waals surface area contributed by atoms with Crippen molar-refractivity contribution in [2.45, 2.75) is 76.4 Å². The van der Waals surface area contributed by atoms with Crippen LogP contribution in [0.25, 0.3) is 0 Å². The van der Waals surface area contributed by atoms with Gasteiger partial charge in [-0.25, -0.2) is 9.18 Å². The number of amides is 3. The first kappa shape index (κ1) is 39.4. The van der Waals surface area contributed by atoms with Crippen molar-refractivity contribution in [1.82, 2.24) is 20.4 Å². The number of carbonyl (C=O) groups excluding carboxylic acids is 3. The first-order valence-electron chi connectivity index (χ1n) is 15.0. The first-order chi connectivity index (χ1) is 21.9. The number of carboxylic acids is 1. The van der Waals surface area contributed by atoms with Crippen LogP contribution in [0, 0.1) is 5.82 Å². The summed E-state index contributed by atoms with van der Waals surface area (Å²) in [5.41, 5.74) is -0.00743. The highest BCUT2D eigenvalue weighted by atomic mass is 35.5. The second-order valence-electron chi connectivity index (χ2n) is 11.6. The molecule has 0 aliphatic carbocycles. The highest BCUT2D eigenvalue weighted by Gasteiger charge is 2.39. The standard InChI is InChI=1S/C30H40ClFN4O4.C2HF3O2/c1-5-6-24-19-35(26(27(37)33-4)18-21-7-11-22(31)12-8-21)15-16-36(24)28(38)25(34-29(39)30(2,3)40)17-20-9-13-23(32)14-10-20;3-2(4,5)1(6)7/h7-14,24-26,40H,5-6,15-19H2,1-4H3,(H,33,37)(H,34,39);(H,6,7). The molecule has 1 heterocycles. The van der Waals surface area contributed by atoms with Crippen LogP contribution in [0.1, 0.15) is 44.7 Å². The van der Waals surface area contributed by atoms with Gasteiger partial charge in [0, 0.05) is 44.2 Å². The molecular formula is C32H41ClF4N4O6. The van der Waals surface area contributed by atoms with Crippen LogP contribution in [0.4, 0.5) is 17.6 Å². The zero-order valence-electron chi connectivity index (χ0n) is 26.6. The number of carbonyl (C=O) groups is 4. The quantitative estimate of drug-likeness (QED) is 0.265. The molecular weight excluding hydrogens is 648 g/mol. The summed E-state index contributed by atoms with van der Waals surface area (Å²) in [4.78, 5) is 52.4. The number of nitrogens with zero attached hydrogens (tertiary/aromatic N) is 2. The molecule has 260 valence electrons. The van der Waals surface area contributed by atoms with Crippen molar-refractivity contribution in [3.8, 4) is 0 Å². The molecule has 2 aromatic rings. The maximum Gasteiger partial charge on any atom is 0.490 e. The number of aliphatic hydroxyl groups is 1. The summed E-state index contributed by atoms with van der Waals surface area (Å²) in [6.45, 7) is 6.10. The molecule has 0 bridgehead atoms. The zero-order chi connectivity index (χ0) is 35.5. The Hall–Kier alpha value is -3.75. The van der Waals surface area contributed by atoms with Crippen molar-refractivity contribution in [2.24, 2.45) is 0 Å². The van der Waals surface area contributed by atoms with E-state index in [0.29, 0.717) is 43.1 Å². The summed E-state index contributed by atoms with van der Waals surface area (Å²) in [6, 6.07) is 11.7. The second kappa shape index (κ2) is 17.4. The minimum atomic E-state index is -5.08. The molecule has 1 aliphatic rings. The highest BCUT2D eigenvalue weighted by molar-refractivity contribution is 6.30. The Labute approximate surface area is 276 Å². The van der Waals surface area contributed by atoms with Gasteiger partial charge >= 0.3 is 12.1 Å². The molecule has 1 fully saturated rings. The fraction of sp³-hybridized carbons (Fsp3) is 0.500. The third kappa shape index (κ3) is 12.4. The lowest BCUT2D eigenvalue weighted by atomic mass is 9.97. The second-order valence-corrected chi connectivity index (χ2v) is 12.1. The van der Waals surface area contributed by atoms with Gasteiger partial charge in [-0.2, -0.15) is 13.2 Å². The summed E-state index contributed by atoms with van der Waals surface area (Å²) in [5, 5.41) is 23.5. The fourth-order valence-electron chi connectivity index (χ4n) is 5.02. The summed E-state index contributed by atoms with van der Waals surface area (Å²) in [5.74, 6) is -4.19. The van der Waals surface area contributed by atoms with E-state index >= 15 is 0 Å². The Bertz CT molecular complexity index is 1350. The monoisotopic (exact) mass is 688 g/mol. The van der Waals surface area contributed by atoms with Crippen molar-refractivity contribution >= 4 is 35.3 Å². The van der Waals surface area contributed by atoms with Crippen molar-refractivity contribution in [1.29, 1.82) is 0 Å². The molecule has 0 aromatic heterocycles. The van der Waals surface area contributed by atoms with Gasteiger partial charge in [-0.05, 0) is 62.1 Å². The number of aliphatic carboxylic acids is 1. The Kier molecular flexibility index (Phi) is 14.6. The van der Waals surface area contributed by atoms with Gasteiger partial charge in [-0.3, -0.25) is 19.3 Å². The molecule has 1 saturated heterocycles. The lowest BCUT2D eigenvalue weighted by Crippen LogP contribution is -2.63. The van der Waals surface area contributed by atoms with Crippen LogP contribution in [0.5, 0.6) is 0 Å². The van der Waals surface area contributed by atoms with Crippen LogP contribution in [-0.2, 0) is 32.0 Å². The van der Waals surface area contributed by atoms with Gasteiger partial charge in [0.2, 0.25) is 11.8 Å². The first-order valence-corrected chi connectivity index (χ1v) is 15.3. The summed E-state index contributed by atoms with van der Waals surface area (Å²) in [7, 11) is 1.62. The van der Waals surface area contributed by atoms with E-state index in [9.17, 15) is 37.1 Å². The molecule has 0 radical (unpaired) electrons. The molecule has 15 heteroatoms. The number of hydrogen-bond acceptors (Lipinski definition) is 6. The number of likely N-dealkylation sites (N-methyl/N-ethyl adjacent to an activating group) is 1. The van der Waals surface area contributed by atoms with E-state index in [1.54, 1.807) is 36.2 Å². The summed E-state index contributed by atoms with van der Waals surface area (Å²) >= 11 is 6.04. The fourth-order valence-corrected chi connectivity index (χ4v) is 5.15. The minimum absolute atomic E-state index is 0.100. The molecule has 3 amide bonds. The van der Waals surface area contributed by atoms with Crippen molar-refractivity contribution in [2.75, 3.05) is 26.7 Å². The number of rotatable bonds is 11. The third-order valence-electron chi connectivity index (χ3n) is 7.51. The third-order valence-corrected chi connectivity index (χ3v) is 7.76. The number of halogens is 5. The maximum absolute atomic E-state index is 14.0. The molecule has 1 aliphatic heterocycles. The van der Waals surface area contributed by atoms with Gasteiger partial charge in [0.1, 0.15) is 17.5 Å². The molecule has 0 saturated carbocycles. The van der Waals surface area contributed by atoms with E-state index in [-0.39, 0.29) is 24.3 Å². The molecule has 10 nitrogen and oxygen atoms in total. The number of hydrogen-bond donors (Lipinski definition) is 4. The minimum Gasteiger partial charge on any atom is -0.475 e. The molecule has 47 heavy (non-hydrogen) atoms. The van der Waals surface area contributed by atoms with Crippen LogP contribution in [0.2, 0.25) is 5.02 Å². The van der Waals surface area contributed by atoms with E-state index in [2.05, 4.69) is 15.5 Å². The van der Waals surface area contributed by atoms with Gasteiger partial charge in [-0.15, -0.1) is 0 Å². The topological polar surface area (TPSA) is 139 Å². The smallest absolute Gasteiger partial charge is 0.475 e. The predicted molar refractivity (Wildman–Crippen MR) is 167 cm³/mol. The van der Waals surface area contributed by atoms with Gasteiger partial charge < -0.3 is 25.7 Å². The van der Waals surface area contributed by atoms with Gasteiger partial charge in [0.15, 0.2) is 0 Å². The zero-order valence-corrected chi connectivity index (χ0v) is 27.4. The Morgan fingerprint density at radius 2 is 1.51 bits per heavy atom. The molecule has 4 N–H and O–H groups in total. The number of carboxylic acid groups (broad SMARTS) is 1. The molecule has 2 aromatic carbocycles. The highest BCUT2D eigenvalue weighted by Crippen LogP contribution is 2.22.